The van der Waals surface area contributed by atoms with Crippen LogP contribution in [0.5, 0.6) is 0 Å². The van der Waals surface area contributed by atoms with Gasteiger partial charge in [-0.3, -0.25) is 10.2 Å². The quantitative estimate of drug-likeness (QED) is 0.534. The normalized spacial score (nSPS) is 14.5. The fourth-order valence-corrected chi connectivity index (χ4v) is 3.50. The van der Waals surface area contributed by atoms with E-state index in [1.54, 1.807) is 36.4 Å². The number of rotatable bonds is 4. The third-order valence-corrected chi connectivity index (χ3v) is 5.05. The number of amides is 1. The van der Waals surface area contributed by atoms with Gasteiger partial charge in [0.1, 0.15) is 11.6 Å². The average Bonchev–Trinajstić information content (AvgIpc) is 3.07. The van der Waals surface area contributed by atoms with Crippen molar-refractivity contribution >= 4 is 34.6 Å². The molecule has 0 saturated carbocycles. The topological polar surface area (TPSA) is 66.6 Å². The Kier molecular flexibility index (Phi) is 5.36. The average molecular weight is 412 g/mol. The smallest absolute Gasteiger partial charge is 0.291 e. The van der Waals surface area contributed by atoms with E-state index in [1.807, 2.05) is 6.92 Å². The summed E-state index contributed by atoms with van der Waals surface area (Å²) in [5, 5.41) is 7.92. The maximum Gasteiger partial charge on any atom is 0.291 e. The molecule has 3 aromatic rings. The van der Waals surface area contributed by atoms with Crippen LogP contribution >= 0.6 is 11.6 Å². The maximum absolute atomic E-state index is 13.1. The summed E-state index contributed by atoms with van der Waals surface area (Å²) in [7, 11) is 0. The van der Waals surface area contributed by atoms with Crippen molar-refractivity contribution in [1.82, 2.24) is 0 Å². The molecule has 1 amide bonds. The van der Waals surface area contributed by atoms with Crippen LogP contribution in [-0.4, -0.2) is 11.6 Å². The van der Waals surface area contributed by atoms with Crippen LogP contribution < -0.4 is 10.7 Å². The van der Waals surface area contributed by atoms with Crippen LogP contribution in [0.4, 0.5) is 15.8 Å². The minimum absolute atomic E-state index is 0.279. The van der Waals surface area contributed by atoms with Crippen LogP contribution in [0.15, 0.2) is 58.0 Å². The largest absolute Gasteiger partial charge is 0.455 e. The summed E-state index contributed by atoms with van der Waals surface area (Å²) < 4.78 is 19.0. The molecule has 1 aromatic heterocycles. The van der Waals surface area contributed by atoms with Gasteiger partial charge in [0.15, 0.2) is 5.76 Å². The molecule has 1 aliphatic rings. The van der Waals surface area contributed by atoms with E-state index in [1.165, 1.54) is 12.1 Å². The number of carbonyl (C=O) groups is 1. The van der Waals surface area contributed by atoms with Crippen molar-refractivity contribution in [2.24, 2.45) is 5.10 Å². The molecule has 0 bridgehead atoms. The van der Waals surface area contributed by atoms with E-state index in [0.29, 0.717) is 16.4 Å². The first-order chi connectivity index (χ1) is 14.0. The van der Waals surface area contributed by atoms with Crippen LogP contribution in [0.25, 0.3) is 0 Å². The predicted octanol–water partition coefficient (Wildman–Crippen LogP) is 5.79. The lowest BCUT2D eigenvalue weighted by Gasteiger charge is -2.13. The van der Waals surface area contributed by atoms with Gasteiger partial charge in [-0.05, 0) is 68.3 Å². The van der Waals surface area contributed by atoms with Crippen molar-refractivity contribution in [3.05, 3.63) is 82.0 Å². The molecule has 0 atom stereocenters. The summed E-state index contributed by atoms with van der Waals surface area (Å²) >= 11 is 5.89. The van der Waals surface area contributed by atoms with Crippen LogP contribution in [0.3, 0.4) is 0 Å². The minimum Gasteiger partial charge on any atom is -0.455 e. The van der Waals surface area contributed by atoms with Gasteiger partial charge in [-0.1, -0.05) is 11.6 Å². The molecule has 4 rings (SSSR count). The molecule has 148 valence electrons. The standard InChI is InChI=1S/C22H19ClFN3O2/c1-13-20-18(27-26-17-11-7-15(24)8-12-17)3-2-4-19(20)29-21(13)22(28)25-16-9-5-14(23)6-10-16/h5-12,26H,2-4H2,1H3,(H,25,28)/b27-18+. The van der Waals surface area contributed by atoms with Gasteiger partial charge in [0, 0.05) is 28.3 Å². The monoisotopic (exact) mass is 411 g/mol. The lowest BCUT2D eigenvalue weighted by atomic mass is 9.93. The van der Waals surface area contributed by atoms with Crippen LogP contribution in [0.1, 0.15) is 40.3 Å². The van der Waals surface area contributed by atoms with Crippen LogP contribution in [-0.2, 0) is 6.42 Å². The number of benzene rings is 2. The Morgan fingerprint density at radius 2 is 1.76 bits per heavy atom. The fourth-order valence-electron chi connectivity index (χ4n) is 3.37. The molecule has 7 heteroatoms. The van der Waals surface area contributed by atoms with Gasteiger partial charge in [0.25, 0.3) is 5.91 Å². The minimum atomic E-state index is -0.315. The van der Waals surface area contributed by atoms with E-state index >= 15 is 0 Å². The first-order valence-corrected chi connectivity index (χ1v) is 9.67. The zero-order valence-electron chi connectivity index (χ0n) is 15.8. The van der Waals surface area contributed by atoms with E-state index in [0.717, 1.165) is 41.9 Å². The molecule has 1 heterocycles. The Morgan fingerprint density at radius 3 is 2.48 bits per heavy atom. The highest BCUT2D eigenvalue weighted by atomic mass is 35.5. The van der Waals surface area contributed by atoms with Crippen molar-refractivity contribution < 1.29 is 13.6 Å². The van der Waals surface area contributed by atoms with E-state index in [9.17, 15) is 9.18 Å². The molecule has 2 N–H and O–H groups in total. The maximum atomic E-state index is 13.1. The SMILES string of the molecule is Cc1c(C(=O)Nc2ccc(Cl)cc2)oc2c1/C(=N/Nc1ccc(F)cc1)CCC2. The second-order valence-corrected chi connectivity index (χ2v) is 7.28. The number of hydrazone groups is 1. The summed E-state index contributed by atoms with van der Waals surface area (Å²) in [4.78, 5) is 12.7. The zero-order valence-corrected chi connectivity index (χ0v) is 16.5. The van der Waals surface area contributed by atoms with Crippen molar-refractivity contribution in [3.63, 3.8) is 0 Å². The Hall–Kier alpha value is -3.12. The number of carbonyl (C=O) groups excluding carboxylic acids is 1. The van der Waals surface area contributed by atoms with Crippen molar-refractivity contribution in [3.8, 4) is 0 Å². The van der Waals surface area contributed by atoms with Crippen molar-refractivity contribution in [2.75, 3.05) is 10.7 Å². The molecule has 29 heavy (non-hydrogen) atoms. The van der Waals surface area contributed by atoms with Crippen LogP contribution in [0, 0.1) is 12.7 Å². The Labute approximate surface area is 172 Å². The Balaban J connectivity index is 1.58. The molecule has 0 saturated heterocycles. The van der Waals surface area contributed by atoms with Gasteiger partial charge in [-0.2, -0.15) is 5.10 Å². The molecular weight excluding hydrogens is 393 g/mol. The van der Waals surface area contributed by atoms with E-state index in [4.69, 9.17) is 16.0 Å². The first-order valence-electron chi connectivity index (χ1n) is 9.29. The van der Waals surface area contributed by atoms with Gasteiger partial charge in [0.05, 0.1) is 11.4 Å². The fraction of sp³-hybridized carbons (Fsp3) is 0.182. The molecule has 0 fully saturated rings. The second-order valence-electron chi connectivity index (χ2n) is 6.85. The van der Waals surface area contributed by atoms with E-state index < -0.39 is 0 Å². The highest BCUT2D eigenvalue weighted by Crippen LogP contribution is 2.30. The predicted molar refractivity (Wildman–Crippen MR) is 112 cm³/mol. The van der Waals surface area contributed by atoms with Gasteiger partial charge in [0.2, 0.25) is 0 Å². The number of furan rings is 1. The van der Waals surface area contributed by atoms with Gasteiger partial charge >= 0.3 is 0 Å². The number of fused-ring (bicyclic) bond motifs is 1. The zero-order chi connectivity index (χ0) is 20.4. The number of nitrogens with one attached hydrogen (secondary N) is 2. The molecule has 1 aliphatic carbocycles. The molecule has 2 aromatic carbocycles. The number of hydrogen-bond donors (Lipinski definition) is 2. The molecule has 5 nitrogen and oxygen atoms in total. The summed E-state index contributed by atoms with van der Waals surface area (Å²) in [6.45, 7) is 1.86. The summed E-state index contributed by atoms with van der Waals surface area (Å²) in [5.74, 6) is 0.422. The summed E-state index contributed by atoms with van der Waals surface area (Å²) in [5.41, 5.74) is 6.73. The van der Waals surface area contributed by atoms with E-state index in [-0.39, 0.29) is 17.5 Å². The number of hydrogen-bond acceptors (Lipinski definition) is 4. The third kappa shape index (κ3) is 4.17. The molecular formula is C22H19ClFN3O2. The number of nitrogens with zero attached hydrogens (tertiary/aromatic N) is 1. The van der Waals surface area contributed by atoms with Gasteiger partial charge in [-0.15, -0.1) is 0 Å². The second kappa shape index (κ2) is 8.09. The Bertz CT molecular complexity index is 1070. The molecule has 0 aliphatic heterocycles. The Morgan fingerprint density at radius 1 is 1.07 bits per heavy atom. The summed E-state index contributed by atoms with van der Waals surface area (Å²) in [6, 6.07) is 12.9. The van der Waals surface area contributed by atoms with Gasteiger partial charge in [-0.25, -0.2) is 4.39 Å². The third-order valence-electron chi connectivity index (χ3n) is 4.80. The highest BCUT2D eigenvalue weighted by Gasteiger charge is 2.28. The number of anilines is 2. The lowest BCUT2D eigenvalue weighted by Crippen LogP contribution is -2.14. The van der Waals surface area contributed by atoms with Crippen LogP contribution in [0.2, 0.25) is 5.02 Å². The summed E-state index contributed by atoms with van der Waals surface area (Å²) in [6.07, 6.45) is 2.39. The molecule has 0 radical (unpaired) electrons. The lowest BCUT2D eigenvalue weighted by molar-refractivity contribution is 0.0994. The number of aryl methyl sites for hydroxylation is 1. The first kappa shape index (κ1) is 19.2. The number of halogens is 2. The van der Waals surface area contributed by atoms with E-state index in [2.05, 4.69) is 15.8 Å². The molecule has 0 spiro atoms. The van der Waals surface area contributed by atoms with Crippen molar-refractivity contribution in [2.45, 2.75) is 26.2 Å². The highest BCUT2D eigenvalue weighted by molar-refractivity contribution is 6.30. The van der Waals surface area contributed by atoms with Gasteiger partial charge < -0.3 is 9.73 Å². The molecule has 0 unspecified atom stereocenters. The van der Waals surface area contributed by atoms with Crippen molar-refractivity contribution in [1.29, 1.82) is 0 Å².